The monoisotopic (exact) mass is 211 g/mol. The van der Waals surface area contributed by atoms with E-state index in [4.69, 9.17) is 4.74 Å². The van der Waals surface area contributed by atoms with Crippen molar-refractivity contribution in [1.29, 1.82) is 0 Å². The molecule has 0 aromatic heterocycles. The molecule has 0 amide bonds. The average Bonchev–Trinajstić information content (AvgIpc) is 2.39. The smallest absolute Gasteiger partial charge is 0.118 e. The number of hydrogen-bond acceptors (Lipinski definition) is 1. The summed E-state index contributed by atoms with van der Waals surface area (Å²) in [5.41, 5.74) is 2.43. The van der Waals surface area contributed by atoms with Crippen LogP contribution in [0.1, 0.15) is 17.0 Å². The van der Waals surface area contributed by atoms with Crippen molar-refractivity contribution in [1.82, 2.24) is 0 Å². The Morgan fingerprint density at radius 2 is 1.44 bits per heavy atom. The van der Waals surface area contributed by atoms with Crippen LogP contribution >= 0.6 is 0 Å². The molecule has 0 bridgehead atoms. The Balaban J connectivity index is 2.24. The molecule has 2 aromatic carbocycles. The van der Waals surface area contributed by atoms with Crippen LogP contribution in [0.2, 0.25) is 0 Å². The highest BCUT2D eigenvalue weighted by Gasteiger charge is 2.07. The van der Waals surface area contributed by atoms with E-state index in [2.05, 4.69) is 31.2 Å². The molecule has 2 rings (SSSR count). The Kier molecular flexibility index (Phi) is 3.25. The molecule has 1 nitrogen and oxygen atoms in total. The zero-order valence-electron chi connectivity index (χ0n) is 9.39. The van der Waals surface area contributed by atoms with Gasteiger partial charge in [0.2, 0.25) is 0 Å². The summed E-state index contributed by atoms with van der Waals surface area (Å²) < 4.78 is 5.13. The number of methoxy groups -OCH3 is 1. The molecule has 1 unspecified atom stereocenters. The number of benzene rings is 2. The number of hydrogen-bond donors (Lipinski definition) is 0. The summed E-state index contributed by atoms with van der Waals surface area (Å²) in [6.07, 6.45) is 0. The van der Waals surface area contributed by atoms with E-state index in [0.717, 1.165) is 5.75 Å². The first-order valence-electron chi connectivity index (χ1n) is 5.33. The van der Waals surface area contributed by atoms with Crippen LogP contribution in [0.5, 0.6) is 5.75 Å². The van der Waals surface area contributed by atoms with Crippen molar-refractivity contribution in [3.05, 3.63) is 72.6 Å². The van der Waals surface area contributed by atoms with E-state index in [1.807, 2.05) is 30.3 Å². The first-order valence-corrected chi connectivity index (χ1v) is 5.33. The molecule has 16 heavy (non-hydrogen) atoms. The van der Waals surface area contributed by atoms with Gasteiger partial charge in [-0.3, -0.25) is 0 Å². The van der Waals surface area contributed by atoms with Gasteiger partial charge in [-0.1, -0.05) is 42.5 Å². The molecule has 0 fully saturated rings. The van der Waals surface area contributed by atoms with Gasteiger partial charge in [-0.15, -0.1) is 0 Å². The Hall–Kier alpha value is -1.76. The SMILES string of the molecule is [CH2]C(c1ccccc1)c1ccc(OC)cc1. The second kappa shape index (κ2) is 4.84. The molecule has 2 aromatic rings. The zero-order valence-corrected chi connectivity index (χ0v) is 9.39. The largest absolute Gasteiger partial charge is 0.497 e. The van der Waals surface area contributed by atoms with E-state index in [1.54, 1.807) is 7.11 Å². The molecule has 1 radical (unpaired) electrons. The van der Waals surface area contributed by atoms with Crippen LogP contribution in [0.4, 0.5) is 0 Å². The minimum Gasteiger partial charge on any atom is -0.497 e. The van der Waals surface area contributed by atoms with Gasteiger partial charge in [-0.25, -0.2) is 0 Å². The van der Waals surface area contributed by atoms with Crippen LogP contribution in [0.3, 0.4) is 0 Å². The van der Waals surface area contributed by atoms with Gasteiger partial charge in [-0.2, -0.15) is 0 Å². The van der Waals surface area contributed by atoms with E-state index in [0.29, 0.717) is 0 Å². The topological polar surface area (TPSA) is 9.23 Å². The van der Waals surface area contributed by atoms with Gasteiger partial charge >= 0.3 is 0 Å². The lowest BCUT2D eigenvalue weighted by molar-refractivity contribution is 0.414. The van der Waals surface area contributed by atoms with Crippen LogP contribution in [-0.2, 0) is 0 Å². The third-order valence-corrected chi connectivity index (χ3v) is 2.72. The van der Waals surface area contributed by atoms with Crippen LogP contribution in [-0.4, -0.2) is 7.11 Å². The summed E-state index contributed by atoms with van der Waals surface area (Å²) in [6.45, 7) is 4.19. The van der Waals surface area contributed by atoms with Crippen molar-refractivity contribution < 1.29 is 4.74 Å². The third-order valence-electron chi connectivity index (χ3n) is 2.72. The van der Waals surface area contributed by atoms with Gasteiger partial charge in [0.05, 0.1) is 7.11 Å². The Labute approximate surface area is 96.7 Å². The molecule has 0 N–H and O–H groups in total. The summed E-state index contributed by atoms with van der Waals surface area (Å²) in [5.74, 6) is 1.05. The first kappa shape index (κ1) is 10.7. The molecule has 0 aliphatic rings. The molecule has 0 saturated heterocycles. The zero-order chi connectivity index (χ0) is 11.4. The predicted molar refractivity (Wildman–Crippen MR) is 66.6 cm³/mol. The summed E-state index contributed by atoms with van der Waals surface area (Å²) >= 11 is 0. The molecule has 1 heteroatoms. The van der Waals surface area contributed by atoms with Gasteiger partial charge in [0.25, 0.3) is 0 Å². The minimum absolute atomic E-state index is 0.173. The maximum Gasteiger partial charge on any atom is 0.118 e. The highest BCUT2D eigenvalue weighted by Crippen LogP contribution is 2.24. The Morgan fingerprint density at radius 1 is 0.875 bits per heavy atom. The minimum atomic E-state index is 0.173. The molecule has 81 valence electrons. The highest BCUT2D eigenvalue weighted by molar-refractivity contribution is 5.36. The van der Waals surface area contributed by atoms with E-state index in [1.165, 1.54) is 11.1 Å². The second-order valence-corrected chi connectivity index (χ2v) is 3.74. The van der Waals surface area contributed by atoms with E-state index >= 15 is 0 Å². The first-order chi connectivity index (χ1) is 7.81. The predicted octanol–water partition coefficient (Wildman–Crippen LogP) is 3.66. The average molecular weight is 211 g/mol. The van der Waals surface area contributed by atoms with Crippen molar-refractivity contribution >= 4 is 0 Å². The van der Waals surface area contributed by atoms with Crippen molar-refractivity contribution in [2.75, 3.05) is 7.11 Å². The lowest BCUT2D eigenvalue weighted by Crippen LogP contribution is -1.95. The molecular formula is C15H15O. The normalized spacial score (nSPS) is 12.1. The molecular weight excluding hydrogens is 196 g/mol. The van der Waals surface area contributed by atoms with Crippen molar-refractivity contribution in [3.63, 3.8) is 0 Å². The lowest BCUT2D eigenvalue weighted by atomic mass is 9.93. The second-order valence-electron chi connectivity index (χ2n) is 3.74. The maximum absolute atomic E-state index is 5.13. The fourth-order valence-electron chi connectivity index (χ4n) is 1.71. The quantitative estimate of drug-likeness (QED) is 0.752. The lowest BCUT2D eigenvalue weighted by Gasteiger charge is -2.12. The van der Waals surface area contributed by atoms with Gasteiger partial charge in [0.1, 0.15) is 5.75 Å². The molecule has 0 saturated carbocycles. The highest BCUT2D eigenvalue weighted by atomic mass is 16.5. The van der Waals surface area contributed by atoms with E-state index in [9.17, 15) is 0 Å². The number of rotatable bonds is 3. The molecule has 0 heterocycles. The van der Waals surface area contributed by atoms with Gasteiger partial charge in [0, 0.05) is 5.92 Å². The van der Waals surface area contributed by atoms with Gasteiger partial charge < -0.3 is 4.74 Å². The fraction of sp³-hybridized carbons (Fsp3) is 0.133. The van der Waals surface area contributed by atoms with Crippen molar-refractivity contribution in [2.45, 2.75) is 5.92 Å². The molecule has 0 spiro atoms. The molecule has 0 aliphatic heterocycles. The van der Waals surface area contributed by atoms with Gasteiger partial charge in [0.15, 0.2) is 0 Å². The Morgan fingerprint density at radius 3 is 2.00 bits per heavy atom. The van der Waals surface area contributed by atoms with Crippen molar-refractivity contribution in [2.24, 2.45) is 0 Å². The maximum atomic E-state index is 5.13. The molecule has 0 aliphatic carbocycles. The van der Waals surface area contributed by atoms with Gasteiger partial charge in [-0.05, 0) is 30.2 Å². The van der Waals surface area contributed by atoms with Crippen LogP contribution < -0.4 is 4.74 Å². The summed E-state index contributed by atoms with van der Waals surface area (Å²) in [6, 6.07) is 18.3. The van der Waals surface area contributed by atoms with Crippen molar-refractivity contribution in [3.8, 4) is 5.75 Å². The summed E-state index contributed by atoms with van der Waals surface area (Å²) in [5, 5.41) is 0. The summed E-state index contributed by atoms with van der Waals surface area (Å²) in [4.78, 5) is 0. The standard InChI is InChI=1S/C15H15O/c1-12(13-6-4-3-5-7-13)14-8-10-15(16-2)11-9-14/h3-12H,1H2,2H3. The van der Waals surface area contributed by atoms with Crippen LogP contribution in [0.25, 0.3) is 0 Å². The fourth-order valence-corrected chi connectivity index (χ4v) is 1.71. The number of ether oxygens (including phenoxy) is 1. The van der Waals surface area contributed by atoms with E-state index in [-0.39, 0.29) is 5.92 Å². The third kappa shape index (κ3) is 2.25. The Bertz CT molecular complexity index is 431. The van der Waals surface area contributed by atoms with E-state index < -0.39 is 0 Å². The molecule has 1 atom stereocenters. The summed E-state index contributed by atoms with van der Waals surface area (Å²) in [7, 11) is 1.67. The van der Waals surface area contributed by atoms with Crippen LogP contribution in [0.15, 0.2) is 54.6 Å². The van der Waals surface area contributed by atoms with Crippen LogP contribution in [0, 0.1) is 6.92 Å².